The summed E-state index contributed by atoms with van der Waals surface area (Å²) in [5.74, 6) is 0. The van der Waals surface area contributed by atoms with E-state index in [-0.39, 0.29) is 48.6 Å². The Morgan fingerprint density at radius 1 is 0.792 bits per heavy atom. The van der Waals surface area contributed by atoms with E-state index in [0.29, 0.717) is 0 Å². The van der Waals surface area contributed by atoms with Gasteiger partial charge < -0.3 is 15.3 Å². The SMILES string of the molecule is CCC(C)O.CCC(C)O.CCC(C)O.[F][GeH]([F])[c-]1cccc1.[Hf]. The number of aliphatic hydroxyl groups excluding tert-OH is 3. The van der Waals surface area contributed by atoms with Gasteiger partial charge in [0, 0.05) is 25.8 Å². The number of hydrogen-bond donors (Lipinski definition) is 3. The number of halogens is 2. The molecule has 0 aliphatic carbocycles. The molecule has 0 aliphatic rings. The van der Waals surface area contributed by atoms with E-state index < -0.39 is 15.3 Å². The molecule has 0 aliphatic heterocycles. The van der Waals surface area contributed by atoms with E-state index in [1.54, 1.807) is 32.9 Å². The van der Waals surface area contributed by atoms with Crippen molar-refractivity contribution in [2.24, 2.45) is 0 Å². The second-order valence-corrected chi connectivity index (χ2v) is 7.95. The molecule has 1 aromatic carbocycles. The molecule has 0 saturated carbocycles. The molecule has 3 N–H and O–H groups in total. The average Bonchev–Trinajstić information content (AvgIpc) is 3.03. The maximum Gasteiger partial charge on any atom is 0 e. The van der Waals surface area contributed by atoms with E-state index in [0.717, 1.165) is 19.3 Å². The molecule has 1 rings (SSSR count). The summed E-state index contributed by atoms with van der Waals surface area (Å²) in [7, 11) is 0. The normalized spacial score (nSPS) is 12.8. The zero-order valence-electron chi connectivity index (χ0n) is 15.8. The van der Waals surface area contributed by atoms with Crippen LogP contribution in [0.25, 0.3) is 0 Å². The standard InChI is InChI=1S/C5H5F2Ge.3C4H10O.Hf/c6-8(7)5-3-1-2-4-5;3*1-3-4(2)5;/h1-4,8H;3*4-5H,3H2,1-2H3;/q-1;;;;. The molecule has 0 radical (unpaired) electrons. The Hall–Kier alpha value is 0.503. The van der Waals surface area contributed by atoms with Crippen LogP contribution < -0.4 is 4.40 Å². The quantitative estimate of drug-likeness (QED) is 0.382. The van der Waals surface area contributed by atoms with Gasteiger partial charge in [-0.2, -0.15) is 0 Å². The van der Waals surface area contributed by atoms with Gasteiger partial charge in [-0.3, -0.25) is 0 Å². The first-order chi connectivity index (χ1) is 10.6. The number of rotatable bonds is 4. The van der Waals surface area contributed by atoms with Crippen molar-refractivity contribution in [2.75, 3.05) is 0 Å². The van der Waals surface area contributed by atoms with Crippen LogP contribution in [0.5, 0.6) is 0 Å². The van der Waals surface area contributed by atoms with Crippen LogP contribution in [0.3, 0.4) is 0 Å². The summed E-state index contributed by atoms with van der Waals surface area (Å²) in [5, 5.41) is 25.1. The van der Waals surface area contributed by atoms with Crippen molar-refractivity contribution in [3.63, 3.8) is 0 Å². The predicted octanol–water partition coefficient (Wildman–Crippen LogP) is 3.10. The Bertz CT molecular complexity index is 290. The summed E-state index contributed by atoms with van der Waals surface area (Å²) in [4.78, 5) is 0. The van der Waals surface area contributed by atoms with Gasteiger partial charge in [-0.25, -0.2) is 0 Å². The fourth-order valence-corrected chi connectivity index (χ4v) is 1.61. The topological polar surface area (TPSA) is 60.7 Å². The summed E-state index contributed by atoms with van der Waals surface area (Å²) < 4.78 is 23.9. The van der Waals surface area contributed by atoms with E-state index >= 15 is 0 Å². The van der Waals surface area contributed by atoms with Crippen LogP contribution in [0, 0.1) is 0 Å². The molecule has 0 aromatic heterocycles. The van der Waals surface area contributed by atoms with Gasteiger partial charge in [0.2, 0.25) is 0 Å². The van der Waals surface area contributed by atoms with Crippen LogP contribution in [0.1, 0.15) is 60.8 Å². The molecular weight excluding hydrogens is 541 g/mol. The summed E-state index contributed by atoms with van der Waals surface area (Å²) in [6.45, 7) is 11.2. The molecule has 7 heteroatoms. The van der Waals surface area contributed by atoms with Gasteiger partial charge >= 0.3 is 50.9 Å². The van der Waals surface area contributed by atoms with Gasteiger partial charge in [-0.15, -0.1) is 0 Å². The molecule has 0 saturated heterocycles. The van der Waals surface area contributed by atoms with Crippen LogP contribution >= 0.6 is 0 Å². The first-order valence-corrected chi connectivity index (χ1v) is 11.2. The van der Waals surface area contributed by atoms with Gasteiger partial charge in [-0.1, -0.05) is 20.8 Å². The molecule has 3 nitrogen and oxygen atoms in total. The van der Waals surface area contributed by atoms with Gasteiger partial charge in [0.1, 0.15) is 0 Å². The van der Waals surface area contributed by atoms with E-state index in [4.69, 9.17) is 15.3 Å². The van der Waals surface area contributed by atoms with E-state index in [2.05, 4.69) is 0 Å². The molecule has 0 spiro atoms. The Balaban J connectivity index is -0.000000113. The van der Waals surface area contributed by atoms with Crippen LogP contribution in [0.15, 0.2) is 24.3 Å². The van der Waals surface area contributed by atoms with Crippen LogP contribution in [-0.4, -0.2) is 48.9 Å². The second-order valence-electron chi connectivity index (χ2n) is 5.29. The van der Waals surface area contributed by atoms with Gasteiger partial charge in [0.25, 0.3) is 0 Å². The van der Waals surface area contributed by atoms with Gasteiger partial charge in [-0.05, 0) is 40.0 Å². The van der Waals surface area contributed by atoms with Crippen LogP contribution in [-0.2, 0) is 25.8 Å². The molecule has 24 heavy (non-hydrogen) atoms. The zero-order valence-corrected chi connectivity index (χ0v) is 21.9. The monoisotopic (exact) mass is 579 g/mol. The molecule has 144 valence electrons. The molecule has 0 fully saturated rings. The minimum atomic E-state index is -3.89. The Morgan fingerprint density at radius 2 is 1.00 bits per heavy atom. The summed E-state index contributed by atoms with van der Waals surface area (Å²) >= 11 is -3.89. The van der Waals surface area contributed by atoms with Gasteiger partial charge in [0.05, 0.1) is 18.3 Å². The Labute approximate surface area is 170 Å². The fraction of sp³-hybridized carbons (Fsp3) is 0.706. The smallest absolute Gasteiger partial charge is 0 e. The van der Waals surface area contributed by atoms with Crippen molar-refractivity contribution in [3.8, 4) is 0 Å². The minimum absolute atomic E-state index is 0. The molecule has 3 unspecified atom stereocenters. The van der Waals surface area contributed by atoms with Crippen molar-refractivity contribution in [1.82, 2.24) is 0 Å². The Morgan fingerprint density at radius 3 is 1.08 bits per heavy atom. The van der Waals surface area contributed by atoms with Crippen LogP contribution in [0.2, 0.25) is 0 Å². The van der Waals surface area contributed by atoms with Gasteiger partial charge in [0.15, 0.2) is 0 Å². The largest absolute Gasteiger partial charge is 0 e. The molecular formula is C17H35F2GeHfO3-. The zero-order chi connectivity index (χ0) is 18.8. The second kappa shape index (κ2) is 23.5. The third-order valence-corrected chi connectivity index (χ3v) is 4.58. The van der Waals surface area contributed by atoms with E-state index in [9.17, 15) is 7.00 Å². The van der Waals surface area contributed by atoms with Crippen molar-refractivity contribution < 1.29 is 48.2 Å². The molecule has 0 heterocycles. The summed E-state index contributed by atoms with van der Waals surface area (Å²) in [6.07, 6.45) is 2.24. The minimum Gasteiger partial charge on any atom is 0 e. The first kappa shape index (κ1) is 32.2. The maximum absolute atomic E-state index is 11.8. The predicted molar refractivity (Wildman–Crippen MR) is 96.9 cm³/mol. The third-order valence-electron chi connectivity index (χ3n) is 2.71. The van der Waals surface area contributed by atoms with Crippen molar-refractivity contribution >= 4 is 19.7 Å². The van der Waals surface area contributed by atoms with Crippen LogP contribution in [0.4, 0.5) is 7.00 Å². The number of hydrogen-bond acceptors (Lipinski definition) is 3. The first-order valence-electron chi connectivity index (χ1n) is 8.16. The third kappa shape index (κ3) is 34.0. The molecule has 0 bridgehead atoms. The van der Waals surface area contributed by atoms with E-state index in [1.807, 2.05) is 20.8 Å². The molecule has 1 aromatic rings. The van der Waals surface area contributed by atoms with Crippen molar-refractivity contribution in [1.29, 1.82) is 0 Å². The van der Waals surface area contributed by atoms with Crippen molar-refractivity contribution in [3.05, 3.63) is 24.3 Å². The number of aliphatic hydroxyl groups is 3. The summed E-state index contributed by atoms with van der Waals surface area (Å²) in [6, 6.07) is 6.27. The average molecular weight is 577 g/mol. The Kier molecular flexibility index (Phi) is 31.5. The molecule has 3 atom stereocenters. The van der Waals surface area contributed by atoms with Crippen molar-refractivity contribution in [2.45, 2.75) is 79.1 Å². The summed E-state index contributed by atoms with van der Waals surface area (Å²) in [5.41, 5.74) is 0. The van der Waals surface area contributed by atoms with E-state index in [1.165, 1.54) is 12.1 Å². The fourth-order valence-electron chi connectivity index (χ4n) is 0.534. The maximum atomic E-state index is 11.8. The molecule has 0 amide bonds.